The van der Waals surface area contributed by atoms with E-state index in [0.717, 1.165) is 24.5 Å². The van der Waals surface area contributed by atoms with Crippen molar-refractivity contribution in [3.63, 3.8) is 0 Å². The van der Waals surface area contributed by atoms with Crippen LogP contribution in [0.5, 0.6) is 0 Å². The van der Waals surface area contributed by atoms with Gasteiger partial charge in [0.1, 0.15) is 0 Å². The van der Waals surface area contributed by atoms with Gasteiger partial charge in [-0.15, -0.1) is 0 Å². The topological polar surface area (TPSA) is 20.2 Å². The SMILES string of the molecule is C=C(C)C1CCC(C)(O)C(SC2CCCCC2)C1. The molecular formula is C16H28OS. The molecule has 18 heavy (non-hydrogen) atoms. The highest BCUT2D eigenvalue weighted by Gasteiger charge is 2.40. The molecule has 0 aromatic rings. The second kappa shape index (κ2) is 6.00. The fourth-order valence-electron chi connectivity index (χ4n) is 3.34. The lowest BCUT2D eigenvalue weighted by Crippen LogP contribution is -2.43. The zero-order chi connectivity index (χ0) is 13.2. The van der Waals surface area contributed by atoms with Gasteiger partial charge in [0.15, 0.2) is 0 Å². The van der Waals surface area contributed by atoms with Crippen molar-refractivity contribution in [3.05, 3.63) is 12.2 Å². The maximum Gasteiger partial charge on any atom is 0.0738 e. The van der Waals surface area contributed by atoms with Crippen molar-refractivity contribution in [2.24, 2.45) is 5.92 Å². The summed E-state index contributed by atoms with van der Waals surface area (Å²) in [6, 6.07) is 0. The first kappa shape index (κ1) is 14.5. The summed E-state index contributed by atoms with van der Waals surface area (Å²) in [7, 11) is 0. The highest BCUT2D eigenvalue weighted by atomic mass is 32.2. The van der Waals surface area contributed by atoms with Gasteiger partial charge >= 0.3 is 0 Å². The predicted molar refractivity (Wildman–Crippen MR) is 81.0 cm³/mol. The lowest BCUT2D eigenvalue weighted by Gasteiger charge is -2.42. The molecule has 104 valence electrons. The van der Waals surface area contributed by atoms with Crippen LogP contribution in [0.4, 0.5) is 0 Å². The van der Waals surface area contributed by atoms with Crippen LogP contribution in [0.1, 0.15) is 65.2 Å². The second-order valence-electron chi connectivity index (χ2n) is 6.56. The molecule has 0 aromatic carbocycles. The average molecular weight is 268 g/mol. The number of thioether (sulfide) groups is 1. The van der Waals surface area contributed by atoms with E-state index in [0.29, 0.717) is 11.2 Å². The third-order valence-corrected chi connectivity index (χ3v) is 6.68. The zero-order valence-electron chi connectivity index (χ0n) is 12.0. The molecule has 1 nitrogen and oxygen atoms in total. The van der Waals surface area contributed by atoms with Gasteiger partial charge in [-0.25, -0.2) is 0 Å². The molecule has 2 heteroatoms. The van der Waals surface area contributed by atoms with E-state index in [1.54, 1.807) is 0 Å². The van der Waals surface area contributed by atoms with Gasteiger partial charge in [0.05, 0.1) is 5.60 Å². The zero-order valence-corrected chi connectivity index (χ0v) is 12.8. The quantitative estimate of drug-likeness (QED) is 0.758. The Morgan fingerprint density at radius 3 is 2.50 bits per heavy atom. The van der Waals surface area contributed by atoms with Crippen LogP contribution >= 0.6 is 11.8 Å². The molecule has 0 heterocycles. The molecule has 1 N–H and O–H groups in total. The number of allylic oxidation sites excluding steroid dienone is 1. The summed E-state index contributed by atoms with van der Waals surface area (Å²) in [4.78, 5) is 0. The van der Waals surface area contributed by atoms with E-state index in [1.807, 2.05) is 6.92 Å². The summed E-state index contributed by atoms with van der Waals surface area (Å²) in [5, 5.41) is 11.8. The summed E-state index contributed by atoms with van der Waals surface area (Å²) in [5.41, 5.74) is 0.841. The van der Waals surface area contributed by atoms with Crippen LogP contribution < -0.4 is 0 Å². The van der Waals surface area contributed by atoms with E-state index in [-0.39, 0.29) is 0 Å². The summed E-state index contributed by atoms with van der Waals surface area (Å²) in [6.45, 7) is 8.31. The number of aliphatic hydroxyl groups is 1. The maximum absolute atomic E-state index is 10.6. The number of rotatable bonds is 3. The molecule has 0 spiro atoms. The predicted octanol–water partition coefficient (Wildman–Crippen LogP) is 4.55. The van der Waals surface area contributed by atoms with Crippen LogP contribution in [0.3, 0.4) is 0 Å². The van der Waals surface area contributed by atoms with Crippen molar-refractivity contribution in [1.82, 2.24) is 0 Å². The number of hydrogen-bond donors (Lipinski definition) is 1. The van der Waals surface area contributed by atoms with Gasteiger partial charge < -0.3 is 5.11 Å². The van der Waals surface area contributed by atoms with Crippen LogP contribution in [0.2, 0.25) is 0 Å². The molecule has 2 saturated carbocycles. The van der Waals surface area contributed by atoms with Crippen LogP contribution in [-0.2, 0) is 0 Å². The Bertz CT molecular complexity index is 291. The molecule has 0 aromatic heterocycles. The molecule has 3 unspecified atom stereocenters. The van der Waals surface area contributed by atoms with Crippen LogP contribution in [0.15, 0.2) is 12.2 Å². The molecule has 0 bridgehead atoms. The van der Waals surface area contributed by atoms with Gasteiger partial charge in [-0.3, -0.25) is 0 Å². The molecule has 2 aliphatic rings. The van der Waals surface area contributed by atoms with E-state index >= 15 is 0 Å². The minimum atomic E-state index is -0.464. The van der Waals surface area contributed by atoms with E-state index in [4.69, 9.17) is 0 Å². The van der Waals surface area contributed by atoms with E-state index in [1.165, 1.54) is 37.7 Å². The van der Waals surface area contributed by atoms with Crippen LogP contribution in [0, 0.1) is 5.92 Å². The fraction of sp³-hybridized carbons (Fsp3) is 0.875. The van der Waals surface area contributed by atoms with Gasteiger partial charge in [0.25, 0.3) is 0 Å². The summed E-state index contributed by atoms with van der Waals surface area (Å²) in [6.07, 6.45) is 10.1. The van der Waals surface area contributed by atoms with Crippen molar-refractivity contribution in [2.75, 3.05) is 0 Å². The summed E-state index contributed by atoms with van der Waals surface area (Å²) >= 11 is 2.08. The van der Waals surface area contributed by atoms with Crippen molar-refractivity contribution >= 4 is 11.8 Å². The normalized spacial score (nSPS) is 38.6. The molecule has 0 amide bonds. The first-order valence-electron chi connectivity index (χ1n) is 7.52. The smallest absolute Gasteiger partial charge is 0.0738 e. The largest absolute Gasteiger partial charge is 0.389 e. The fourth-order valence-corrected chi connectivity index (χ4v) is 5.17. The van der Waals surface area contributed by atoms with Crippen molar-refractivity contribution in [2.45, 2.75) is 81.3 Å². The molecule has 0 radical (unpaired) electrons. The van der Waals surface area contributed by atoms with Crippen molar-refractivity contribution in [1.29, 1.82) is 0 Å². The molecule has 0 aliphatic heterocycles. The van der Waals surface area contributed by atoms with Gasteiger partial charge in [-0.2, -0.15) is 11.8 Å². The molecule has 0 saturated heterocycles. The molecule has 3 atom stereocenters. The van der Waals surface area contributed by atoms with Crippen molar-refractivity contribution < 1.29 is 5.11 Å². The van der Waals surface area contributed by atoms with Crippen molar-refractivity contribution in [3.8, 4) is 0 Å². The Labute approximate surface area is 116 Å². The van der Waals surface area contributed by atoms with Gasteiger partial charge in [0, 0.05) is 10.5 Å². The lowest BCUT2D eigenvalue weighted by molar-refractivity contribution is 0.0192. The Kier molecular flexibility index (Phi) is 4.82. The molecule has 2 aliphatic carbocycles. The first-order chi connectivity index (χ1) is 8.49. The summed E-state index contributed by atoms with van der Waals surface area (Å²) in [5.74, 6) is 0.631. The Hall–Kier alpha value is 0.0500. The molecular weight excluding hydrogens is 240 g/mol. The monoisotopic (exact) mass is 268 g/mol. The minimum Gasteiger partial charge on any atom is -0.389 e. The first-order valence-corrected chi connectivity index (χ1v) is 8.46. The summed E-state index contributed by atoms with van der Waals surface area (Å²) < 4.78 is 0. The van der Waals surface area contributed by atoms with E-state index in [9.17, 15) is 5.11 Å². The maximum atomic E-state index is 10.6. The molecule has 2 fully saturated rings. The second-order valence-corrected chi connectivity index (χ2v) is 8.07. The van der Waals surface area contributed by atoms with Gasteiger partial charge in [-0.1, -0.05) is 31.4 Å². The average Bonchev–Trinajstić information content (AvgIpc) is 2.33. The van der Waals surface area contributed by atoms with E-state index in [2.05, 4.69) is 25.3 Å². The third-order valence-electron chi connectivity index (χ3n) is 4.80. The number of hydrogen-bond acceptors (Lipinski definition) is 2. The third kappa shape index (κ3) is 3.54. The Morgan fingerprint density at radius 2 is 1.89 bits per heavy atom. The Morgan fingerprint density at radius 1 is 1.22 bits per heavy atom. The van der Waals surface area contributed by atoms with Crippen LogP contribution in [0.25, 0.3) is 0 Å². The minimum absolute atomic E-state index is 0.413. The van der Waals surface area contributed by atoms with Gasteiger partial charge in [0.2, 0.25) is 0 Å². The highest BCUT2D eigenvalue weighted by Crippen LogP contribution is 2.44. The Balaban J connectivity index is 1.95. The highest BCUT2D eigenvalue weighted by molar-refractivity contribution is 8.00. The lowest BCUT2D eigenvalue weighted by atomic mass is 9.77. The van der Waals surface area contributed by atoms with Gasteiger partial charge in [-0.05, 0) is 51.9 Å². The van der Waals surface area contributed by atoms with Crippen LogP contribution in [-0.4, -0.2) is 21.2 Å². The molecule has 2 rings (SSSR count). The standard InChI is InChI=1S/C16H28OS/c1-12(2)13-9-10-16(3,17)15(11-13)18-14-7-5-4-6-8-14/h13-15,17H,1,4-11H2,2-3H3. The van der Waals surface area contributed by atoms with E-state index < -0.39 is 5.60 Å².